The second-order valence-corrected chi connectivity index (χ2v) is 8.19. The number of anilines is 1. The van der Waals surface area contributed by atoms with Crippen LogP contribution in [0.3, 0.4) is 0 Å². The SMILES string of the molecule is COCCOCCOCCOCCOCCOc1ccc(-c2cc(C)ccc2C)cc1N(C)C. The first-order chi connectivity index (χ1) is 16.5. The van der Waals surface area contributed by atoms with E-state index in [1.807, 2.05) is 20.2 Å². The molecule has 0 fully saturated rings. The lowest BCUT2D eigenvalue weighted by Crippen LogP contribution is -2.15. The van der Waals surface area contributed by atoms with Gasteiger partial charge in [-0.1, -0.05) is 29.8 Å². The van der Waals surface area contributed by atoms with E-state index in [9.17, 15) is 0 Å². The number of hydrogen-bond acceptors (Lipinski definition) is 7. The third kappa shape index (κ3) is 10.4. The topological polar surface area (TPSA) is 58.6 Å². The van der Waals surface area contributed by atoms with Crippen molar-refractivity contribution in [1.29, 1.82) is 0 Å². The highest BCUT2D eigenvalue weighted by atomic mass is 16.6. The maximum Gasteiger partial charge on any atom is 0.142 e. The average Bonchev–Trinajstić information content (AvgIpc) is 2.83. The fourth-order valence-electron chi connectivity index (χ4n) is 3.32. The van der Waals surface area contributed by atoms with E-state index in [2.05, 4.69) is 49.1 Å². The van der Waals surface area contributed by atoms with Crippen LogP contribution in [0.1, 0.15) is 11.1 Å². The minimum atomic E-state index is 0.482. The number of rotatable bonds is 18. The molecule has 0 aliphatic heterocycles. The number of aryl methyl sites for hydroxylation is 2. The molecule has 0 aliphatic carbocycles. The summed E-state index contributed by atoms with van der Waals surface area (Å²) in [6, 6.07) is 12.9. The van der Waals surface area contributed by atoms with Crippen LogP contribution in [0.25, 0.3) is 11.1 Å². The zero-order valence-electron chi connectivity index (χ0n) is 21.4. The van der Waals surface area contributed by atoms with Crippen molar-refractivity contribution in [2.75, 3.05) is 92.2 Å². The normalized spacial score (nSPS) is 11.1. The molecule has 0 amide bonds. The van der Waals surface area contributed by atoms with Crippen molar-refractivity contribution in [3.8, 4) is 16.9 Å². The molecule has 0 saturated carbocycles. The van der Waals surface area contributed by atoms with Gasteiger partial charge in [0.25, 0.3) is 0 Å². The Hall–Kier alpha value is -2.16. The van der Waals surface area contributed by atoms with Crippen molar-refractivity contribution in [3.63, 3.8) is 0 Å². The Morgan fingerprint density at radius 1 is 0.647 bits per heavy atom. The molecule has 7 heteroatoms. The quantitative estimate of drug-likeness (QED) is 0.301. The van der Waals surface area contributed by atoms with Crippen molar-refractivity contribution in [1.82, 2.24) is 0 Å². The molecule has 190 valence electrons. The highest BCUT2D eigenvalue weighted by Gasteiger charge is 2.10. The van der Waals surface area contributed by atoms with Gasteiger partial charge in [0.2, 0.25) is 0 Å². The molecule has 34 heavy (non-hydrogen) atoms. The predicted molar refractivity (Wildman–Crippen MR) is 136 cm³/mol. The predicted octanol–water partition coefficient (Wildman–Crippen LogP) is 4.13. The third-order valence-electron chi connectivity index (χ3n) is 5.18. The third-order valence-corrected chi connectivity index (χ3v) is 5.18. The highest BCUT2D eigenvalue weighted by Crippen LogP contribution is 2.34. The van der Waals surface area contributed by atoms with Crippen LogP contribution < -0.4 is 9.64 Å². The molecular weight excluding hydrogens is 434 g/mol. The van der Waals surface area contributed by atoms with Gasteiger partial charge in [-0.05, 0) is 42.7 Å². The van der Waals surface area contributed by atoms with E-state index in [0.29, 0.717) is 66.1 Å². The molecule has 0 radical (unpaired) electrons. The Bertz CT molecular complexity index is 827. The lowest BCUT2D eigenvalue weighted by Gasteiger charge is -2.20. The molecule has 0 saturated heterocycles. The summed E-state index contributed by atoms with van der Waals surface area (Å²) in [7, 11) is 5.71. The van der Waals surface area contributed by atoms with Crippen LogP contribution in [0.2, 0.25) is 0 Å². The lowest BCUT2D eigenvalue weighted by atomic mass is 9.98. The molecule has 7 nitrogen and oxygen atoms in total. The molecule has 0 atom stereocenters. The Morgan fingerprint density at radius 3 is 1.76 bits per heavy atom. The summed E-state index contributed by atoms with van der Waals surface area (Å²) < 4.78 is 32.8. The van der Waals surface area contributed by atoms with Crippen molar-refractivity contribution in [3.05, 3.63) is 47.5 Å². The summed E-state index contributed by atoms with van der Waals surface area (Å²) in [5.74, 6) is 0.849. The van der Waals surface area contributed by atoms with Crippen LogP contribution in [-0.4, -0.2) is 87.3 Å². The first-order valence-corrected chi connectivity index (χ1v) is 11.8. The molecule has 2 rings (SSSR count). The zero-order chi connectivity index (χ0) is 24.6. The monoisotopic (exact) mass is 475 g/mol. The first-order valence-electron chi connectivity index (χ1n) is 11.8. The van der Waals surface area contributed by atoms with Gasteiger partial charge >= 0.3 is 0 Å². The van der Waals surface area contributed by atoms with E-state index < -0.39 is 0 Å². The number of ether oxygens (including phenoxy) is 6. The maximum absolute atomic E-state index is 6.00. The van der Waals surface area contributed by atoms with Crippen LogP contribution in [0.15, 0.2) is 36.4 Å². The molecule has 0 aromatic heterocycles. The van der Waals surface area contributed by atoms with Crippen molar-refractivity contribution >= 4 is 5.69 Å². The molecule has 0 unspecified atom stereocenters. The largest absolute Gasteiger partial charge is 0.489 e. The summed E-state index contributed by atoms with van der Waals surface area (Å²) >= 11 is 0. The lowest BCUT2D eigenvalue weighted by molar-refractivity contribution is -0.00977. The van der Waals surface area contributed by atoms with Gasteiger partial charge in [0.05, 0.1) is 65.1 Å². The van der Waals surface area contributed by atoms with E-state index in [-0.39, 0.29) is 0 Å². The van der Waals surface area contributed by atoms with Crippen molar-refractivity contribution < 1.29 is 28.4 Å². The van der Waals surface area contributed by atoms with E-state index in [1.54, 1.807) is 7.11 Å². The van der Waals surface area contributed by atoms with Gasteiger partial charge in [0.15, 0.2) is 0 Å². The van der Waals surface area contributed by atoms with Gasteiger partial charge in [-0.3, -0.25) is 0 Å². The van der Waals surface area contributed by atoms with E-state index in [1.165, 1.54) is 22.3 Å². The molecule has 2 aromatic carbocycles. The number of benzene rings is 2. The van der Waals surface area contributed by atoms with Gasteiger partial charge in [0, 0.05) is 21.2 Å². The number of hydrogen-bond donors (Lipinski definition) is 0. The summed E-state index contributed by atoms with van der Waals surface area (Å²) in [6.07, 6.45) is 0. The second-order valence-electron chi connectivity index (χ2n) is 8.19. The van der Waals surface area contributed by atoms with Crippen LogP contribution in [-0.2, 0) is 23.7 Å². The van der Waals surface area contributed by atoms with Gasteiger partial charge in [-0.25, -0.2) is 0 Å². The average molecular weight is 476 g/mol. The van der Waals surface area contributed by atoms with E-state index in [0.717, 1.165) is 11.4 Å². The Morgan fingerprint density at radius 2 is 1.21 bits per heavy atom. The zero-order valence-corrected chi connectivity index (χ0v) is 21.4. The summed E-state index contributed by atoms with van der Waals surface area (Å²) in [4.78, 5) is 2.08. The molecule has 0 heterocycles. The number of methoxy groups -OCH3 is 1. The summed E-state index contributed by atoms with van der Waals surface area (Å²) in [5.41, 5.74) is 6.00. The van der Waals surface area contributed by atoms with Crippen LogP contribution in [0.4, 0.5) is 5.69 Å². The minimum absolute atomic E-state index is 0.482. The van der Waals surface area contributed by atoms with E-state index in [4.69, 9.17) is 28.4 Å². The maximum atomic E-state index is 6.00. The highest BCUT2D eigenvalue weighted by molar-refractivity contribution is 5.74. The fourth-order valence-corrected chi connectivity index (χ4v) is 3.32. The summed E-state index contributed by atoms with van der Waals surface area (Å²) in [6.45, 7) is 9.70. The molecule has 0 aliphatic rings. The molecule has 0 N–H and O–H groups in total. The van der Waals surface area contributed by atoms with Crippen LogP contribution >= 0.6 is 0 Å². The molecule has 0 spiro atoms. The molecular formula is C27H41NO6. The second kappa shape index (κ2) is 16.5. The first kappa shape index (κ1) is 28.1. The van der Waals surface area contributed by atoms with Gasteiger partial charge in [-0.2, -0.15) is 0 Å². The van der Waals surface area contributed by atoms with Gasteiger partial charge < -0.3 is 33.3 Å². The van der Waals surface area contributed by atoms with E-state index >= 15 is 0 Å². The van der Waals surface area contributed by atoms with Crippen molar-refractivity contribution in [2.24, 2.45) is 0 Å². The fraction of sp³-hybridized carbons (Fsp3) is 0.556. The van der Waals surface area contributed by atoms with Crippen LogP contribution in [0.5, 0.6) is 5.75 Å². The Balaban J connectivity index is 1.62. The number of nitrogens with zero attached hydrogens (tertiary/aromatic N) is 1. The van der Waals surface area contributed by atoms with Crippen molar-refractivity contribution in [2.45, 2.75) is 13.8 Å². The Labute approximate surface area is 204 Å². The Kier molecular flexibility index (Phi) is 13.6. The molecule has 0 bridgehead atoms. The summed E-state index contributed by atoms with van der Waals surface area (Å²) in [5, 5.41) is 0. The minimum Gasteiger partial charge on any atom is -0.489 e. The van der Waals surface area contributed by atoms with Gasteiger partial charge in [-0.15, -0.1) is 0 Å². The van der Waals surface area contributed by atoms with Crippen LogP contribution in [0, 0.1) is 13.8 Å². The molecule has 2 aromatic rings. The van der Waals surface area contributed by atoms with Gasteiger partial charge in [0.1, 0.15) is 12.4 Å². The standard InChI is InChI=1S/C27H41NO6/c1-22-6-7-23(2)25(20-22)24-8-9-27(26(21-24)28(3)4)34-19-18-33-17-16-32-15-14-31-13-12-30-11-10-29-5/h6-9,20-21H,10-19H2,1-5H3. The smallest absolute Gasteiger partial charge is 0.142 e.